The molecule has 1 amide bonds. The highest BCUT2D eigenvalue weighted by molar-refractivity contribution is 7.10. The van der Waals surface area contributed by atoms with Gasteiger partial charge in [-0.2, -0.15) is 0 Å². The first kappa shape index (κ1) is 17.9. The molecular weight excluding hydrogens is 344 g/mol. The first-order valence-corrected chi connectivity index (χ1v) is 9.24. The van der Waals surface area contributed by atoms with Crippen molar-refractivity contribution in [1.82, 2.24) is 5.32 Å². The van der Waals surface area contributed by atoms with E-state index in [9.17, 15) is 9.59 Å². The minimum absolute atomic E-state index is 0.0331. The van der Waals surface area contributed by atoms with Crippen LogP contribution in [0.1, 0.15) is 33.8 Å². The van der Waals surface area contributed by atoms with Crippen molar-refractivity contribution in [3.8, 4) is 0 Å². The van der Waals surface area contributed by atoms with Crippen LogP contribution in [0.5, 0.6) is 0 Å². The number of hydrogen-bond donors (Lipinski definition) is 2. The minimum Gasteiger partial charge on any atom is -0.376 e. The van der Waals surface area contributed by atoms with Crippen LogP contribution in [0, 0.1) is 0 Å². The lowest BCUT2D eigenvalue weighted by atomic mass is 10.1. The van der Waals surface area contributed by atoms with Crippen LogP contribution in [0.4, 0.5) is 5.69 Å². The highest BCUT2D eigenvalue weighted by Crippen LogP contribution is 2.25. The molecule has 26 heavy (non-hydrogen) atoms. The van der Waals surface area contributed by atoms with Crippen LogP contribution >= 0.6 is 11.3 Å². The van der Waals surface area contributed by atoms with E-state index in [0.717, 1.165) is 10.4 Å². The van der Waals surface area contributed by atoms with Gasteiger partial charge in [-0.3, -0.25) is 9.59 Å². The van der Waals surface area contributed by atoms with E-state index < -0.39 is 0 Å². The third-order valence-corrected chi connectivity index (χ3v) is 4.95. The van der Waals surface area contributed by atoms with Crippen molar-refractivity contribution >= 4 is 28.7 Å². The molecule has 3 aromatic rings. The van der Waals surface area contributed by atoms with Crippen molar-refractivity contribution in [2.75, 3.05) is 11.9 Å². The second-order valence-electron chi connectivity index (χ2n) is 5.88. The van der Waals surface area contributed by atoms with Crippen LogP contribution in [-0.4, -0.2) is 18.2 Å². The number of carbonyl (C=O) groups excluding carboxylic acids is 2. The van der Waals surface area contributed by atoms with E-state index in [-0.39, 0.29) is 24.3 Å². The highest BCUT2D eigenvalue weighted by atomic mass is 32.1. The summed E-state index contributed by atoms with van der Waals surface area (Å²) in [5, 5.41) is 8.14. The Balaban J connectivity index is 1.71. The Labute approximate surface area is 156 Å². The summed E-state index contributed by atoms with van der Waals surface area (Å²) in [5.41, 5.74) is 2.29. The molecule has 0 aliphatic rings. The molecule has 5 heteroatoms. The Morgan fingerprint density at radius 3 is 2.38 bits per heavy atom. The van der Waals surface area contributed by atoms with Gasteiger partial charge in [-0.1, -0.05) is 48.5 Å². The van der Waals surface area contributed by atoms with Crippen LogP contribution in [0.15, 0.2) is 72.1 Å². The van der Waals surface area contributed by atoms with Crippen molar-refractivity contribution in [2.45, 2.75) is 13.0 Å². The zero-order chi connectivity index (χ0) is 18.4. The minimum atomic E-state index is -0.187. The van der Waals surface area contributed by atoms with Crippen molar-refractivity contribution < 1.29 is 9.59 Å². The lowest BCUT2D eigenvalue weighted by molar-refractivity contribution is -0.119. The average molecular weight is 364 g/mol. The van der Waals surface area contributed by atoms with Crippen LogP contribution in [0.3, 0.4) is 0 Å². The summed E-state index contributed by atoms with van der Waals surface area (Å²) >= 11 is 1.61. The fraction of sp³-hybridized carbons (Fsp3) is 0.143. The third-order valence-electron chi connectivity index (χ3n) is 4.01. The molecule has 1 atom stereocenters. The molecule has 2 aromatic carbocycles. The van der Waals surface area contributed by atoms with Gasteiger partial charge in [0.05, 0.1) is 12.6 Å². The summed E-state index contributed by atoms with van der Waals surface area (Å²) in [7, 11) is 0. The van der Waals surface area contributed by atoms with Crippen LogP contribution in [0.25, 0.3) is 0 Å². The largest absolute Gasteiger partial charge is 0.376 e. The van der Waals surface area contributed by atoms with Crippen LogP contribution < -0.4 is 10.6 Å². The molecule has 1 heterocycles. The lowest BCUT2D eigenvalue weighted by Crippen LogP contribution is -2.33. The fourth-order valence-electron chi connectivity index (χ4n) is 2.75. The topological polar surface area (TPSA) is 58.2 Å². The Bertz CT molecular complexity index is 876. The molecule has 132 valence electrons. The first-order valence-electron chi connectivity index (χ1n) is 8.36. The monoisotopic (exact) mass is 364 g/mol. The van der Waals surface area contributed by atoms with Gasteiger partial charge < -0.3 is 10.6 Å². The van der Waals surface area contributed by atoms with Gasteiger partial charge in [0.15, 0.2) is 5.78 Å². The maximum Gasteiger partial charge on any atom is 0.240 e. The number of carbonyl (C=O) groups is 2. The van der Waals surface area contributed by atoms with Crippen LogP contribution in [-0.2, 0) is 4.79 Å². The summed E-state index contributed by atoms with van der Waals surface area (Å²) in [6.07, 6.45) is 0. The predicted octanol–water partition coefficient (Wildman–Crippen LogP) is 4.27. The Hall–Kier alpha value is -2.92. The molecule has 0 unspecified atom stereocenters. The first-order chi connectivity index (χ1) is 12.6. The van der Waals surface area contributed by atoms with E-state index in [2.05, 4.69) is 10.6 Å². The normalized spacial score (nSPS) is 11.6. The number of ketones is 1. The van der Waals surface area contributed by atoms with Gasteiger partial charge in [-0.15, -0.1) is 11.3 Å². The molecule has 2 N–H and O–H groups in total. The SMILES string of the molecule is CC(=O)c1ccccc1NCC(=O)N[C@H](c1ccccc1)c1cccs1. The predicted molar refractivity (Wildman–Crippen MR) is 106 cm³/mol. The number of thiophene rings is 1. The number of nitrogens with one attached hydrogen (secondary N) is 2. The second-order valence-corrected chi connectivity index (χ2v) is 6.86. The van der Waals surface area contributed by atoms with Gasteiger partial charge in [0, 0.05) is 16.1 Å². The Morgan fingerprint density at radius 1 is 0.962 bits per heavy atom. The maximum atomic E-state index is 12.5. The molecule has 4 nitrogen and oxygen atoms in total. The number of amides is 1. The van der Waals surface area contributed by atoms with E-state index in [1.54, 1.807) is 23.5 Å². The van der Waals surface area contributed by atoms with Gasteiger partial charge in [-0.25, -0.2) is 0 Å². The van der Waals surface area contributed by atoms with E-state index in [1.807, 2.05) is 60.0 Å². The number of rotatable bonds is 7. The maximum absolute atomic E-state index is 12.5. The summed E-state index contributed by atoms with van der Waals surface area (Å²) in [5.74, 6) is -0.167. The molecule has 0 aliphatic heterocycles. The van der Waals surface area contributed by atoms with E-state index in [0.29, 0.717) is 11.3 Å². The number of benzene rings is 2. The average Bonchev–Trinajstić information content (AvgIpc) is 3.19. The summed E-state index contributed by atoms with van der Waals surface area (Å²) in [6, 6.07) is 20.9. The fourth-order valence-corrected chi connectivity index (χ4v) is 3.55. The van der Waals surface area contributed by atoms with Gasteiger partial charge in [-0.05, 0) is 36.1 Å². The van der Waals surface area contributed by atoms with Crippen molar-refractivity contribution in [3.63, 3.8) is 0 Å². The number of para-hydroxylation sites is 1. The molecule has 1 aromatic heterocycles. The Morgan fingerprint density at radius 2 is 1.69 bits per heavy atom. The van der Waals surface area contributed by atoms with Crippen molar-refractivity contribution in [2.24, 2.45) is 0 Å². The van der Waals surface area contributed by atoms with Gasteiger partial charge >= 0.3 is 0 Å². The van der Waals surface area contributed by atoms with Gasteiger partial charge in [0.1, 0.15) is 0 Å². The standard InChI is InChI=1S/C21H20N2O2S/c1-15(24)17-10-5-6-11-18(17)22-14-20(25)23-21(19-12-7-13-26-19)16-8-3-2-4-9-16/h2-13,21-22H,14H2,1H3,(H,23,25)/t21-/m1/s1. The van der Waals surface area contributed by atoms with Gasteiger partial charge in [0.25, 0.3) is 0 Å². The van der Waals surface area contributed by atoms with E-state index in [1.165, 1.54) is 6.92 Å². The molecule has 0 saturated carbocycles. The molecule has 0 bridgehead atoms. The van der Waals surface area contributed by atoms with E-state index >= 15 is 0 Å². The highest BCUT2D eigenvalue weighted by Gasteiger charge is 2.17. The quantitative estimate of drug-likeness (QED) is 0.616. The number of Topliss-reactive ketones (excluding diaryl/α,β-unsaturated/α-hetero) is 1. The molecule has 0 fully saturated rings. The number of hydrogen-bond acceptors (Lipinski definition) is 4. The number of anilines is 1. The lowest BCUT2D eigenvalue weighted by Gasteiger charge is -2.19. The molecule has 0 aliphatic carbocycles. The third kappa shape index (κ3) is 4.37. The molecule has 0 radical (unpaired) electrons. The van der Waals surface area contributed by atoms with Crippen molar-refractivity contribution in [1.29, 1.82) is 0 Å². The van der Waals surface area contributed by atoms with Crippen molar-refractivity contribution in [3.05, 3.63) is 88.1 Å². The summed E-state index contributed by atoms with van der Waals surface area (Å²) < 4.78 is 0. The van der Waals surface area contributed by atoms with E-state index in [4.69, 9.17) is 0 Å². The van der Waals surface area contributed by atoms with Crippen LogP contribution in [0.2, 0.25) is 0 Å². The van der Waals surface area contributed by atoms with Gasteiger partial charge in [0.2, 0.25) is 5.91 Å². The smallest absolute Gasteiger partial charge is 0.240 e. The zero-order valence-corrected chi connectivity index (χ0v) is 15.3. The molecule has 3 rings (SSSR count). The molecule has 0 saturated heterocycles. The molecular formula is C21H20N2O2S. The second kappa shape index (κ2) is 8.45. The summed E-state index contributed by atoms with van der Waals surface area (Å²) in [4.78, 5) is 25.3. The Kier molecular flexibility index (Phi) is 5.81. The molecule has 0 spiro atoms. The zero-order valence-electron chi connectivity index (χ0n) is 14.4. The summed E-state index contributed by atoms with van der Waals surface area (Å²) in [6.45, 7) is 1.61.